The summed E-state index contributed by atoms with van der Waals surface area (Å²) in [5.41, 5.74) is 1.03. The molecule has 1 aromatic rings. The molecule has 0 saturated heterocycles. The number of aryl methyl sites for hydroxylation is 1. The van der Waals surface area contributed by atoms with Gasteiger partial charge in [0.1, 0.15) is 11.4 Å². The SMILES string of the molecule is C#C[C@]1(O)CC[C@H]2[C@@H]3CCc4cc(OS(=O)(=O)[O-])ccc4[C@H]3CC[C@@]21C. The minimum Gasteiger partial charge on any atom is -0.716 e. The Morgan fingerprint density at radius 2 is 2.08 bits per heavy atom. The fourth-order valence-electron chi connectivity index (χ4n) is 5.98. The zero-order chi connectivity index (χ0) is 18.7. The zero-order valence-electron chi connectivity index (χ0n) is 14.8. The van der Waals surface area contributed by atoms with E-state index >= 15 is 0 Å². The van der Waals surface area contributed by atoms with Crippen LogP contribution in [-0.4, -0.2) is 23.7 Å². The first kappa shape index (κ1) is 17.8. The molecule has 0 unspecified atom stereocenters. The number of fused-ring (bicyclic) bond motifs is 5. The molecule has 1 aromatic carbocycles. The normalized spacial score (nSPS) is 38.6. The van der Waals surface area contributed by atoms with E-state index in [1.165, 1.54) is 5.56 Å². The summed E-state index contributed by atoms with van der Waals surface area (Å²) in [6.07, 6.45) is 10.9. The molecule has 6 heteroatoms. The molecule has 2 saturated carbocycles. The number of terminal acetylenes is 1. The molecule has 0 aliphatic heterocycles. The first-order valence-corrected chi connectivity index (χ1v) is 10.5. The second kappa shape index (κ2) is 5.72. The van der Waals surface area contributed by atoms with Crippen LogP contribution in [0.5, 0.6) is 5.75 Å². The topological polar surface area (TPSA) is 86.7 Å². The third-order valence-electron chi connectivity index (χ3n) is 7.29. The lowest BCUT2D eigenvalue weighted by atomic mass is 9.53. The predicted molar refractivity (Wildman–Crippen MR) is 95.2 cm³/mol. The number of aliphatic hydroxyl groups is 1. The molecule has 1 N–H and O–H groups in total. The highest BCUT2D eigenvalue weighted by molar-refractivity contribution is 7.81. The Balaban J connectivity index is 1.65. The van der Waals surface area contributed by atoms with Crippen LogP contribution in [0.15, 0.2) is 18.2 Å². The van der Waals surface area contributed by atoms with E-state index in [4.69, 9.17) is 6.42 Å². The van der Waals surface area contributed by atoms with Crippen molar-refractivity contribution in [1.29, 1.82) is 0 Å². The van der Waals surface area contributed by atoms with Gasteiger partial charge in [-0.25, -0.2) is 8.42 Å². The van der Waals surface area contributed by atoms with Gasteiger partial charge in [-0.3, -0.25) is 0 Å². The Hall–Kier alpha value is -1.55. The molecule has 3 aliphatic rings. The molecule has 0 spiro atoms. The van der Waals surface area contributed by atoms with E-state index in [2.05, 4.69) is 17.0 Å². The average molecular weight is 375 g/mol. The van der Waals surface area contributed by atoms with E-state index < -0.39 is 16.0 Å². The van der Waals surface area contributed by atoms with Gasteiger partial charge in [0.2, 0.25) is 0 Å². The van der Waals surface area contributed by atoms with Crippen molar-refractivity contribution < 1.29 is 22.3 Å². The van der Waals surface area contributed by atoms with Crippen molar-refractivity contribution in [2.75, 3.05) is 0 Å². The molecule has 26 heavy (non-hydrogen) atoms. The van der Waals surface area contributed by atoms with E-state index in [1.54, 1.807) is 12.1 Å². The second-order valence-electron chi connectivity index (χ2n) is 8.27. The van der Waals surface area contributed by atoms with Crippen LogP contribution in [0.3, 0.4) is 0 Å². The molecule has 0 amide bonds. The highest BCUT2D eigenvalue weighted by atomic mass is 32.3. The molecule has 2 fully saturated rings. The van der Waals surface area contributed by atoms with Gasteiger partial charge in [-0.15, -0.1) is 6.42 Å². The van der Waals surface area contributed by atoms with E-state index in [1.807, 2.05) is 6.07 Å². The fourth-order valence-corrected chi connectivity index (χ4v) is 6.32. The van der Waals surface area contributed by atoms with Crippen molar-refractivity contribution in [2.45, 2.75) is 57.0 Å². The van der Waals surface area contributed by atoms with Crippen LogP contribution >= 0.6 is 0 Å². The molecule has 0 heterocycles. The molecule has 0 radical (unpaired) electrons. The Bertz CT molecular complexity index is 886. The number of rotatable bonds is 2. The van der Waals surface area contributed by atoms with Gasteiger partial charge in [0.15, 0.2) is 0 Å². The minimum absolute atomic E-state index is 0.0837. The fraction of sp³-hybridized carbons (Fsp3) is 0.600. The largest absolute Gasteiger partial charge is 0.716 e. The minimum atomic E-state index is -4.76. The second-order valence-corrected chi connectivity index (χ2v) is 9.25. The Morgan fingerprint density at radius 1 is 1.31 bits per heavy atom. The van der Waals surface area contributed by atoms with Crippen LogP contribution in [-0.2, 0) is 16.8 Å². The summed E-state index contributed by atoms with van der Waals surface area (Å²) in [5, 5.41) is 10.9. The van der Waals surface area contributed by atoms with Crippen LogP contribution in [0.25, 0.3) is 0 Å². The third-order valence-corrected chi connectivity index (χ3v) is 7.68. The smallest absolute Gasteiger partial charge is 0.262 e. The summed E-state index contributed by atoms with van der Waals surface area (Å²) in [6.45, 7) is 2.15. The number of benzene rings is 1. The molecule has 5 atom stereocenters. The summed E-state index contributed by atoms with van der Waals surface area (Å²) < 4.78 is 37.0. The predicted octanol–water partition coefficient (Wildman–Crippen LogP) is 2.75. The first-order chi connectivity index (χ1) is 12.2. The lowest BCUT2D eigenvalue weighted by molar-refractivity contribution is -0.0646. The molecular formula is C20H23O5S-. The molecule has 5 nitrogen and oxygen atoms in total. The lowest BCUT2D eigenvalue weighted by Gasteiger charge is -2.52. The van der Waals surface area contributed by atoms with Gasteiger partial charge >= 0.3 is 0 Å². The lowest BCUT2D eigenvalue weighted by Crippen LogP contribution is -2.50. The van der Waals surface area contributed by atoms with E-state index in [9.17, 15) is 18.1 Å². The Kier molecular flexibility index (Phi) is 3.93. The van der Waals surface area contributed by atoms with E-state index in [0.717, 1.165) is 37.7 Å². The zero-order valence-corrected chi connectivity index (χ0v) is 15.6. The van der Waals surface area contributed by atoms with Crippen molar-refractivity contribution in [1.82, 2.24) is 0 Å². The highest BCUT2D eigenvalue weighted by Gasteiger charge is 2.61. The van der Waals surface area contributed by atoms with Crippen LogP contribution in [0, 0.1) is 29.6 Å². The first-order valence-electron chi connectivity index (χ1n) is 9.15. The molecule has 0 bridgehead atoms. The van der Waals surface area contributed by atoms with Gasteiger partial charge in [-0.1, -0.05) is 18.9 Å². The van der Waals surface area contributed by atoms with Crippen molar-refractivity contribution >= 4 is 10.4 Å². The van der Waals surface area contributed by atoms with Gasteiger partial charge in [0.25, 0.3) is 10.4 Å². The van der Waals surface area contributed by atoms with Crippen LogP contribution < -0.4 is 4.18 Å². The summed E-state index contributed by atoms with van der Waals surface area (Å²) in [7, 11) is -4.76. The Labute approximate surface area is 154 Å². The highest BCUT2D eigenvalue weighted by Crippen LogP contribution is 2.64. The molecule has 0 aromatic heterocycles. The summed E-state index contributed by atoms with van der Waals surface area (Å²) >= 11 is 0. The molecular weight excluding hydrogens is 352 g/mol. The maximum atomic E-state index is 10.9. The Morgan fingerprint density at radius 3 is 2.77 bits per heavy atom. The van der Waals surface area contributed by atoms with E-state index in [-0.39, 0.29) is 11.2 Å². The van der Waals surface area contributed by atoms with Gasteiger partial charge in [0.05, 0.1) is 0 Å². The maximum absolute atomic E-state index is 10.9. The summed E-state index contributed by atoms with van der Waals surface area (Å²) in [5.74, 6) is 4.01. The summed E-state index contributed by atoms with van der Waals surface area (Å²) in [4.78, 5) is 0. The number of hydrogen-bond acceptors (Lipinski definition) is 5. The quantitative estimate of drug-likeness (QED) is 0.488. The standard InChI is InChI=1S/C20H24O5S/c1-3-20(21)11-9-18-17-6-4-13-12-14(25-26(22,23)24)5-7-15(13)16(17)8-10-19(18,20)2/h1,5,7,12,16-18,21H,4,6,8-11H2,2H3,(H,22,23,24)/p-1/t16-,17-,18+,19+,20+/m1/s1. The van der Waals surface area contributed by atoms with Crippen molar-refractivity contribution in [3.05, 3.63) is 29.3 Å². The van der Waals surface area contributed by atoms with Crippen molar-refractivity contribution in [2.24, 2.45) is 17.3 Å². The third kappa shape index (κ3) is 2.57. The monoisotopic (exact) mass is 375 g/mol. The molecule has 4 rings (SSSR count). The maximum Gasteiger partial charge on any atom is 0.262 e. The van der Waals surface area contributed by atoms with E-state index in [0.29, 0.717) is 24.2 Å². The van der Waals surface area contributed by atoms with Crippen LogP contribution in [0.1, 0.15) is 56.1 Å². The number of hydrogen-bond donors (Lipinski definition) is 1. The van der Waals surface area contributed by atoms with Crippen LogP contribution in [0.4, 0.5) is 0 Å². The van der Waals surface area contributed by atoms with Gasteiger partial charge in [-0.2, -0.15) is 0 Å². The molecule has 140 valence electrons. The van der Waals surface area contributed by atoms with Gasteiger partial charge in [-0.05, 0) is 79.5 Å². The van der Waals surface area contributed by atoms with Gasteiger partial charge < -0.3 is 13.8 Å². The molecule has 3 aliphatic carbocycles. The van der Waals surface area contributed by atoms with Crippen molar-refractivity contribution in [3.63, 3.8) is 0 Å². The van der Waals surface area contributed by atoms with Crippen molar-refractivity contribution in [3.8, 4) is 18.1 Å². The van der Waals surface area contributed by atoms with Gasteiger partial charge in [0, 0.05) is 5.41 Å². The van der Waals surface area contributed by atoms with Crippen LogP contribution in [0.2, 0.25) is 0 Å². The summed E-state index contributed by atoms with van der Waals surface area (Å²) in [6, 6.07) is 5.15. The average Bonchev–Trinajstić information content (AvgIpc) is 2.85.